The Kier molecular flexibility index (Phi) is 5.92. The van der Waals surface area contributed by atoms with Gasteiger partial charge in [-0.05, 0) is 37.1 Å². The second-order valence-electron chi connectivity index (χ2n) is 6.69. The molecule has 0 unspecified atom stereocenters. The van der Waals surface area contributed by atoms with E-state index in [1.165, 1.54) is 7.05 Å². The van der Waals surface area contributed by atoms with E-state index in [1.807, 2.05) is 32.0 Å². The Hall–Kier alpha value is -3.68. The largest absolute Gasteiger partial charge is 0.493 e. The van der Waals surface area contributed by atoms with Gasteiger partial charge in [-0.2, -0.15) is 5.10 Å². The highest BCUT2D eigenvalue weighted by Gasteiger charge is 2.16. The van der Waals surface area contributed by atoms with E-state index in [-0.39, 0.29) is 24.3 Å². The van der Waals surface area contributed by atoms with Crippen LogP contribution in [0, 0.1) is 13.8 Å². The molecule has 1 heterocycles. The van der Waals surface area contributed by atoms with Crippen LogP contribution in [0.25, 0.3) is 10.8 Å². The molecule has 2 N–H and O–H groups in total. The van der Waals surface area contributed by atoms with Crippen molar-refractivity contribution in [3.8, 4) is 5.75 Å². The topological polar surface area (TPSA) is 102 Å². The molecule has 1 aromatic heterocycles. The summed E-state index contributed by atoms with van der Waals surface area (Å²) >= 11 is 0. The van der Waals surface area contributed by atoms with Crippen LogP contribution >= 0.6 is 0 Å². The number of hydrogen-bond acceptors (Lipinski definition) is 5. The number of hydrazine groups is 1. The molecule has 2 aromatic carbocycles. The van der Waals surface area contributed by atoms with E-state index < -0.39 is 11.8 Å². The molecule has 0 aliphatic heterocycles. The minimum atomic E-state index is -0.611. The summed E-state index contributed by atoms with van der Waals surface area (Å²) in [5, 5.41) is 4.81. The number of ether oxygens (including phenoxy) is 1. The van der Waals surface area contributed by atoms with Crippen molar-refractivity contribution in [2.24, 2.45) is 7.05 Å². The number of fused-ring (bicyclic) bond motifs is 1. The van der Waals surface area contributed by atoms with Gasteiger partial charge >= 0.3 is 0 Å². The summed E-state index contributed by atoms with van der Waals surface area (Å²) < 4.78 is 6.74. The molecular formula is C21H22N4O4. The number of carbonyl (C=O) groups excluding carboxylic acids is 2. The Labute approximate surface area is 167 Å². The third kappa shape index (κ3) is 4.60. The van der Waals surface area contributed by atoms with Crippen molar-refractivity contribution in [1.82, 2.24) is 20.6 Å². The van der Waals surface area contributed by atoms with E-state index in [1.54, 1.807) is 24.3 Å². The molecule has 0 bridgehead atoms. The summed E-state index contributed by atoms with van der Waals surface area (Å²) in [5.74, 6) is -0.291. The van der Waals surface area contributed by atoms with Crippen molar-refractivity contribution >= 4 is 22.6 Å². The van der Waals surface area contributed by atoms with Crippen molar-refractivity contribution < 1.29 is 14.3 Å². The van der Waals surface area contributed by atoms with Gasteiger partial charge in [0.15, 0.2) is 5.69 Å². The van der Waals surface area contributed by atoms with E-state index in [2.05, 4.69) is 16.0 Å². The van der Waals surface area contributed by atoms with E-state index in [0.29, 0.717) is 10.8 Å². The van der Waals surface area contributed by atoms with E-state index >= 15 is 0 Å². The van der Waals surface area contributed by atoms with Crippen molar-refractivity contribution in [2.75, 3.05) is 6.61 Å². The molecule has 0 radical (unpaired) electrons. The number of benzene rings is 2. The molecule has 8 heteroatoms. The number of amides is 2. The molecule has 0 aliphatic carbocycles. The van der Waals surface area contributed by atoms with Crippen molar-refractivity contribution in [1.29, 1.82) is 0 Å². The van der Waals surface area contributed by atoms with Crippen LogP contribution in [0.3, 0.4) is 0 Å². The second kappa shape index (κ2) is 8.55. The van der Waals surface area contributed by atoms with Gasteiger partial charge < -0.3 is 4.74 Å². The molecule has 3 rings (SSSR count). The molecule has 0 atom stereocenters. The molecule has 0 aliphatic rings. The standard InChI is InChI=1S/C21H22N4O4/c1-13-8-9-14(2)17(12-13)29-11-10-18(26)22-23-20(27)19-15-6-4-5-7-16(15)21(28)25(3)24-19/h4-9,12H,10-11H2,1-3H3,(H,22,26)(H,23,27). The van der Waals surface area contributed by atoms with Crippen LogP contribution in [0.4, 0.5) is 0 Å². The Morgan fingerprint density at radius 3 is 2.55 bits per heavy atom. The second-order valence-corrected chi connectivity index (χ2v) is 6.69. The van der Waals surface area contributed by atoms with Gasteiger partial charge in [-0.3, -0.25) is 25.2 Å². The van der Waals surface area contributed by atoms with Gasteiger partial charge in [0.25, 0.3) is 11.5 Å². The van der Waals surface area contributed by atoms with Crippen LogP contribution in [0.5, 0.6) is 5.75 Å². The summed E-state index contributed by atoms with van der Waals surface area (Å²) in [6, 6.07) is 12.5. The lowest BCUT2D eigenvalue weighted by molar-refractivity contribution is -0.122. The maximum Gasteiger partial charge on any atom is 0.290 e. The Morgan fingerprint density at radius 2 is 1.79 bits per heavy atom. The summed E-state index contributed by atoms with van der Waals surface area (Å²) in [5.41, 5.74) is 6.48. The van der Waals surface area contributed by atoms with Crippen LogP contribution in [-0.2, 0) is 11.8 Å². The minimum Gasteiger partial charge on any atom is -0.493 e. The predicted molar refractivity (Wildman–Crippen MR) is 109 cm³/mol. The number of carbonyl (C=O) groups is 2. The predicted octanol–water partition coefficient (Wildman–Crippen LogP) is 1.78. The normalized spacial score (nSPS) is 10.6. The lowest BCUT2D eigenvalue weighted by atomic mass is 10.1. The van der Waals surface area contributed by atoms with Crippen LogP contribution in [0.15, 0.2) is 47.3 Å². The summed E-state index contributed by atoms with van der Waals surface area (Å²) in [7, 11) is 1.47. The van der Waals surface area contributed by atoms with E-state index in [4.69, 9.17) is 4.74 Å². The van der Waals surface area contributed by atoms with E-state index in [0.717, 1.165) is 21.6 Å². The number of nitrogens with zero attached hydrogens (tertiary/aromatic N) is 2. The molecule has 0 saturated carbocycles. The number of aromatic nitrogens is 2. The molecule has 0 spiro atoms. The smallest absolute Gasteiger partial charge is 0.290 e. The average molecular weight is 394 g/mol. The van der Waals surface area contributed by atoms with Crippen LogP contribution < -0.4 is 21.1 Å². The number of rotatable bonds is 5. The Bertz CT molecular complexity index is 1140. The fraction of sp³-hybridized carbons (Fsp3) is 0.238. The average Bonchev–Trinajstić information content (AvgIpc) is 2.71. The molecule has 2 amide bonds. The minimum absolute atomic E-state index is 0.0506. The maximum absolute atomic E-state index is 12.5. The highest BCUT2D eigenvalue weighted by atomic mass is 16.5. The molecule has 3 aromatic rings. The van der Waals surface area contributed by atoms with Gasteiger partial charge in [0.1, 0.15) is 5.75 Å². The summed E-state index contributed by atoms with van der Waals surface area (Å²) in [6.07, 6.45) is 0.0646. The lowest BCUT2D eigenvalue weighted by Crippen LogP contribution is -2.43. The zero-order valence-corrected chi connectivity index (χ0v) is 16.5. The van der Waals surface area contributed by atoms with Gasteiger partial charge in [0, 0.05) is 12.4 Å². The fourth-order valence-electron chi connectivity index (χ4n) is 2.83. The molecule has 29 heavy (non-hydrogen) atoms. The van der Waals surface area contributed by atoms with Crippen LogP contribution in [0.2, 0.25) is 0 Å². The highest BCUT2D eigenvalue weighted by Crippen LogP contribution is 2.19. The summed E-state index contributed by atoms with van der Waals surface area (Å²) in [6.45, 7) is 4.07. The fourth-order valence-corrected chi connectivity index (χ4v) is 2.83. The van der Waals surface area contributed by atoms with Gasteiger partial charge in [0.05, 0.1) is 18.4 Å². The zero-order chi connectivity index (χ0) is 21.0. The van der Waals surface area contributed by atoms with Crippen molar-refractivity contribution in [3.05, 3.63) is 69.6 Å². The highest BCUT2D eigenvalue weighted by molar-refractivity contribution is 6.05. The quantitative estimate of drug-likeness (QED) is 0.642. The zero-order valence-electron chi connectivity index (χ0n) is 16.5. The van der Waals surface area contributed by atoms with Crippen LogP contribution in [-0.4, -0.2) is 28.2 Å². The maximum atomic E-state index is 12.5. The first kappa shape index (κ1) is 20.1. The first-order valence-electron chi connectivity index (χ1n) is 9.12. The molecule has 150 valence electrons. The SMILES string of the molecule is Cc1ccc(C)c(OCCC(=O)NNC(=O)c2nn(C)c(=O)c3ccccc23)c1. The van der Waals surface area contributed by atoms with Crippen molar-refractivity contribution in [3.63, 3.8) is 0 Å². The number of hydrogen-bond donors (Lipinski definition) is 2. The molecule has 0 fully saturated rings. The Balaban J connectivity index is 1.59. The molecule has 0 saturated heterocycles. The monoisotopic (exact) mass is 394 g/mol. The lowest BCUT2D eigenvalue weighted by Gasteiger charge is -2.11. The van der Waals surface area contributed by atoms with Gasteiger partial charge in [-0.25, -0.2) is 4.68 Å². The first-order chi connectivity index (χ1) is 13.9. The summed E-state index contributed by atoms with van der Waals surface area (Å²) in [4.78, 5) is 36.6. The first-order valence-corrected chi connectivity index (χ1v) is 9.12. The van der Waals surface area contributed by atoms with Crippen molar-refractivity contribution in [2.45, 2.75) is 20.3 Å². The number of nitrogens with one attached hydrogen (secondary N) is 2. The van der Waals surface area contributed by atoms with E-state index in [9.17, 15) is 14.4 Å². The van der Waals surface area contributed by atoms with Gasteiger partial charge in [0.2, 0.25) is 5.91 Å². The van der Waals surface area contributed by atoms with Crippen LogP contribution in [0.1, 0.15) is 28.0 Å². The third-order valence-electron chi connectivity index (χ3n) is 4.42. The Morgan fingerprint density at radius 1 is 1.07 bits per heavy atom. The molecule has 8 nitrogen and oxygen atoms in total. The van der Waals surface area contributed by atoms with Gasteiger partial charge in [-0.15, -0.1) is 0 Å². The third-order valence-corrected chi connectivity index (χ3v) is 4.42. The molecular weight excluding hydrogens is 372 g/mol. The number of aryl methyl sites for hydroxylation is 3. The van der Waals surface area contributed by atoms with Gasteiger partial charge in [-0.1, -0.05) is 30.3 Å².